The maximum absolute atomic E-state index is 12.5. The minimum Gasteiger partial charge on any atom is -0.334 e. The van der Waals surface area contributed by atoms with Crippen molar-refractivity contribution in [1.82, 2.24) is 10.2 Å². The number of carbonyl (C=O) groups excluding carboxylic acids is 1. The van der Waals surface area contributed by atoms with Gasteiger partial charge in [0.15, 0.2) is 0 Å². The second-order valence-corrected chi connectivity index (χ2v) is 6.22. The van der Waals surface area contributed by atoms with Crippen molar-refractivity contribution >= 4 is 5.91 Å². The van der Waals surface area contributed by atoms with Crippen LogP contribution in [0.4, 0.5) is 0 Å². The van der Waals surface area contributed by atoms with Crippen LogP contribution < -0.4 is 5.32 Å². The Morgan fingerprint density at radius 1 is 1.33 bits per heavy atom. The molecule has 1 saturated carbocycles. The van der Waals surface area contributed by atoms with Crippen molar-refractivity contribution in [3.05, 3.63) is 0 Å². The fourth-order valence-electron chi connectivity index (χ4n) is 3.44. The first-order valence-corrected chi connectivity index (χ1v) is 7.69. The summed E-state index contributed by atoms with van der Waals surface area (Å²) >= 11 is 0. The Kier molecular flexibility index (Phi) is 4.66. The summed E-state index contributed by atoms with van der Waals surface area (Å²) < 4.78 is 0. The van der Waals surface area contributed by atoms with E-state index in [1.165, 1.54) is 32.1 Å². The van der Waals surface area contributed by atoms with Crippen LogP contribution in [0.5, 0.6) is 0 Å². The summed E-state index contributed by atoms with van der Waals surface area (Å²) in [7, 11) is 0. The van der Waals surface area contributed by atoms with Crippen molar-refractivity contribution in [1.29, 1.82) is 0 Å². The number of rotatable bonds is 3. The van der Waals surface area contributed by atoms with Crippen LogP contribution in [0.25, 0.3) is 0 Å². The summed E-state index contributed by atoms with van der Waals surface area (Å²) in [6, 6.07) is 0. The van der Waals surface area contributed by atoms with E-state index < -0.39 is 0 Å². The SMILES string of the molecule is CCC(C)CC(=O)N1CCNCC12CCCCC2. The third-order valence-corrected chi connectivity index (χ3v) is 4.84. The molecule has 1 atom stereocenters. The molecule has 1 aliphatic heterocycles. The van der Waals surface area contributed by atoms with Crippen LogP contribution in [0, 0.1) is 5.92 Å². The normalized spacial score (nSPS) is 25.1. The number of nitrogens with one attached hydrogen (secondary N) is 1. The van der Waals surface area contributed by atoms with Gasteiger partial charge >= 0.3 is 0 Å². The molecule has 3 nitrogen and oxygen atoms in total. The van der Waals surface area contributed by atoms with Gasteiger partial charge in [-0.25, -0.2) is 0 Å². The maximum Gasteiger partial charge on any atom is 0.223 e. The summed E-state index contributed by atoms with van der Waals surface area (Å²) in [5.74, 6) is 0.917. The number of nitrogens with zero attached hydrogens (tertiary/aromatic N) is 1. The maximum atomic E-state index is 12.5. The number of piperazine rings is 1. The molecule has 1 amide bonds. The molecule has 2 aliphatic rings. The minimum atomic E-state index is 0.154. The van der Waals surface area contributed by atoms with E-state index in [1.54, 1.807) is 0 Å². The summed E-state index contributed by atoms with van der Waals surface area (Å²) in [4.78, 5) is 14.8. The van der Waals surface area contributed by atoms with Crippen molar-refractivity contribution in [2.45, 2.75) is 64.3 Å². The average molecular weight is 252 g/mol. The Labute approximate surface area is 111 Å². The Balaban J connectivity index is 2.05. The number of hydrogen-bond donors (Lipinski definition) is 1. The molecule has 1 unspecified atom stereocenters. The van der Waals surface area contributed by atoms with Crippen molar-refractivity contribution in [3.63, 3.8) is 0 Å². The predicted octanol–water partition coefficient (Wildman–Crippen LogP) is 2.56. The molecule has 0 bridgehead atoms. The van der Waals surface area contributed by atoms with Gasteiger partial charge < -0.3 is 10.2 Å². The fourth-order valence-corrected chi connectivity index (χ4v) is 3.44. The lowest BCUT2D eigenvalue weighted by atomic mass is 9.78. The standard InChI is InChI=1S/C15H28N2O/c1-3-13(2)11-14(18)17-10-9-16-12-15(17)7-5-4-6-8-15/h13,16H,3-12H2,1-2H3. The second-order valence-electron chi connectivity index (χ2n) is 6.22. The molecule has 1 N–H and O–H groups in total. The van der Waals surface area contributed by atoms with Crippen LogP contribution in [-0.4, -0.2) is 36.0 Å². The van der Waals surface area contributed by atoms with Crippen LogP contribution in [0.3, 0.4) is 0 Å². The first-order valence-electron chi connectivity index (χ1n) is 7.69. The van der Waals surface area contributed by atoms with Crippen molar-refractivity contribution in [2.75, 3.05) is 19.6 Å². The van der Waals surface area contributed by atoms with Crippen LogP contribution in [0.2, 0.25) is 0 Å². The van der Waals surface area contributed by atoms with E-state index in [4.69, 9.17) is 0 Å². The molecule has 1 heterocycles. The molecular weight excluding hydrogens is 224 g/mol. The van der Waals surface area contributed by atoms with Gasteiger partial charge in [0.25, 0.3) is 0 Å². The molecule has 0 aromatic heterocycles. The van der Waals surface area contributed by atoms with E-state index in [0.29, 0.717) is 11.8 Å². The first-order chi connectivity index (χ1) is 8.68. The van der Waals surface area contributed by atoms with Crippen molar-refractivity contribution < 1.29 is 4.79 Å². The van der Waals surface area contributed by atoms with Gasteiger partial charge in [-0.3, -0.25) is 4.79 Å². The topological polar surface area (TPSA) is 32.3 Å². The molecule has 0 aromatic rings. The summed E-state index contributed by atoms with van der Waals surface area (Å²) in [6.45, 7) is 7.25. The quantitative estimate of drug-likeness (QED) is 0.837. The Bertz CT molecular complexity index is 276. The van der Waals surface area contributed by atoms with Gasteiger partial charge in [-0.05, 0) is 18.8 Å². The van der Waals surface area contributed by atoms with E-state index in [-0.39, 0.29) is 5.54 Å². The zero-order valence-corrected chi connectivity index (χ0v) is 12.0. The zero-order valence-electron chi connectivity index (χ0n) is 12.0. The molecule has 2 fully saturated rings. The van der Waals surface area contributed by atoms with E-state index >= 15 is 0 Å². The molecule has 104 valence electrons. The Morgan fingerprint density at radius 3 is 2.72 bits per heavy atom. The lowest BCUT2D eigenvalue weighted by molar-refractivity contribution is -0.141. The van der Waals surface area contributed by atoms with Crippen molar-refractivity contribution in [3.8, 4) is 0 Å². The lowest BCUT2D eigenvalue weighted by Crippen LogP contribution is -2.63. The Morgan fingerprint density at radius 2 is 2.06 bits per heavy atom. The van der Waals surface area contributed by atoms with Gasteiger partial charge in [0.2, 0.25) is 5.91 Å². The first kappa shape index (κ1) is 13.9. The van der Waals surface area contributed by atoms with Crippen LogP contribution in [0.1, 0.15) is 58.8 Å². The lowest BCUT2D eigenvalue weighted by Gasteiger charge is -2.50. The number of carbonyl (C=O) groups is 1. The molecule has 1 aliphatic carbocycles. The van der Waals surface area contributed by atoms with Gasteiger partial charge in [-0.1, -0.05) is 39.5 Å². The minimum absolute atomic E-state index is 0.154. The zero-order chi connectivity index (χ0) is 13.0. The largest absolute Gasteiger partial charge is 0.334 e. The smallest absolute Gasteiger partial charge is 0.223 e. The molecule has 3 heteroatoms. The molecular formula is C15H28N2O. The van der Waals surface area contributed by atoms with Gasteiger partial charge in [0.1, 0.15) is 0 Å². The number of hydrogen-bond acceptors (Lipinski definition) is 2. The highest BCUT2D eigenvalue weighted by molar-refractivity contribution is 5.77. The molecule has 0 radical (unpaired) electrons. The molecule has 2 rings (SSSR count). The summed E-state index contributed by atoms with van der Waals surface area (Å²) in [5.41, 5.74) is 0.154. The van der Waals surface area contributed by atoms with Crippen LogP contribution in [0.15, 0.2) is 0 Å². The van der Waals surface area contributed by atoms with Gasteiger partial charge in [0.05, 0.1) is 5.54 Å². The van der Waals surface area contributed by atoms with E-state index in [1.807, 2.05) is 0 Å². The van der Waals surface area contributed by atoms with E-state index in [9.17, 15) is 4.79 Å². The number of amides is 1. The van der Waals surface area contributed by atoms with E-state index in [0.717, 1.165) is 32.5 Å². The molecule has 18 heavy (non-hydrogen) atoms. The van der Waals surface area contributed by atoms with E-state index in [2.05, 4.69) is 24.1 Å². The highest BCUT2D eigenvalue weighted by Crippen LogP contribution is 2.35. The fraction of sp³-hybridized carbons (Fsp3) is 0.933. The van der Waals surface area contributed by atoms with Crippen molar-refractivity contribution in [2.24, 2.45) is 5.92 Å². The third kappa shape index (κ3) is 2.87. The molecule has 1 spiro atoms. The average Bonchev–Trinajstić information content (AvgIpc) is 2.40. The monoisotopic (exact) mass is 252 g/mol. The van der Waals surface area contributed by atoms with Gasteiger partial charge in [-0.2, -0.15) is 0 Å². The highest BCUT2D eigenvalue weighted by atomic mass is 16.2. The summed E-state index contributed by atoms with van der Waals surface area (Å²) in [6.07, 6.45) is 8.15. The second kappa shape index (κ2) is 6.05. The summed E-state index contributed by atoms with van der Waals surface area (Å²) in [5, 5.41) is 3.50. The third-order valence-electron chi connectivity index (χ3n) is 4.84. The van der Waals surface area contributed by atoms with Gasteiger partial charge in [-0.15, -0.1) is 0 Å². The van der Waals surface area contributed by atoms with Gasteiger partial charge in [0, 0.05) is 26.1 Å². The predicted molar refractivity (Wildman–Crippen MR) is 74.5 cm³/mol. The van der Waals surface area contributed by atoms with Crippen LogP contribution in [-0.2, 0) is 4.79 Å². The highest BCUT2D eigenvalue weighted by Gasteiger charge is 2.41. The Hall–Kier alpha value is -0.570. The molecule has 0 aromatic carbocycles. The molecule has 1 saturated heterocycles. The van der Waals surface area contributed by atoms with Crippen LogP contribution >= 0.6 is 0 Å².